The fourth-order valence-corrected chi connectivity index (χ4v) is 1.06. The first kappa shape index (κ1) is 17.0. The lowest BCUT2D eigenvalue weighted by Crippen LogP contribution is -2.17. The summed E-state index contributed by atoms with van der Waals surface area (Å²) in [6, 6.07) is 0. The highest BCUT2D eigenvalue weighted by atomic mass is 16.7. The van der Waals surface area contributed by atoms with Crippen molar-refractivity contribution < 1.29 is 9.47 Å². The van der Waals surface area contributed by atoms with E-state index in [-0.39, 0.29) is 6.29 Å². The summed E-state index contributed by atoms with van der Waals surface area (Å²) in [4.78, 5) is 4.13. The van der Waals surface area contributed by atoms with Crippen LogP contribution in [0.25, 0.3) is 0 Å². The van der Waals surface area contributed by atoms with Gasteiger partial charge in [-0.1, -0.05) is 13.8 Å². The van der Waals surface area contributed by atoms with E-state index in [1.54, 1.807) is 0 Å². The second-order valence-electron chi connectivity index (χ2n) is 2.65. The fourth-order valence-electron chi connectivity index (χ4n) is 1.06. The molecule has 0 saturated heterocycles. The third kappa shape index (κ3) is 13.6. The molecule has 0 fully saturated rings. The standard InChI is InChI=1S/C10H21NO2.C2H6/c1-4-11-9-7-8-10(12-5-2)13-6-3;1-2/h4,10H,5-9H2,1-3H3;1-2H3. The van der Waals surface area contributed by atoms with Gasteiger partial charge in [-0.15, -0.1) is 0 Å². The summed E-state index contributed by atoms with van der Waals surface area (Å²) in [5.41, 5.74) is 0. The van der Waals surface area contributed by atoms with Gasteiger partial charge in [0.05, 0.1) is 0 Å². The quantitative estimate of drug-likeness (QED) is 0.355. The minimum atomic E-state index is -0.0398. The molecule has 0 bridgehead atoms. The molecule has 0 amide bonds. The SMILES string of the molecule is CC.CC=NCCCC(OCC)OCC. The molecule has 0 N–H and O–H groups in total. The van der Waals surface area contributed by atoms with Crippen LogP contribution in [0.3, 0.4) is 0 Å². The van der Waals surface area contributed by atoms with Crippen LogP contribution in [-0.4, -0.2) is 32.3 Å². The van der Waals surface area contributed by atoms with E-state index < -0.39 is 0 Å². The predicted octanol–water partition coefficient (Wildman–Crippen LogP) is 3.28. The molecule has 3 nitrogen and oxygen atoms in total. The van der Waals surface area contributed by atoms with Crippen LogP contribution >= 0.6 is 0 Å². The molecule has 0 saturated carbocycles. The molecule has 0 radical (unpaired) electrons. The molecule has 0 rings (SSSR count). The first-order chi connectivity index (χ1) is 7.35. The van der Waals surface area contributed by atoms with E-state index in [0.717, 1.165) is 19.4 Å². The topological polar surface area (TPSA) is 30.8 Å². The largest absolute Gasteiger partial charge is 0.353 e. The van der Waals surface area contributed by atoms with Crippen LogP contribution in [0.15, 0.2) is 4.99 Å². The highest BCUT2D eigenvalue weighted by Gasteiger charge is 2.05. The van der Waals surface area contributed by atoms with Crippen molar-refractivity contribution in [1.29, 1.82) is 0 Å². The molecule has 0 spiro atoms. The van der Waals surface area contributed by atoms with Gasteiger partial charge in [0.1, 0.15) is 0 Å². The minimum Gasteiger partial charge on any atom is -0.353 e. The lowest BCUT2D eigenvalue weighted by Gasteiger charge is -2.15. The van der Waals surface area contributed by atoms with Crippen molar-refractivity contribution in [3.05, 3.63) is 0 Å². The lowest BCUT2D eigenvalue weighted by atomic mass is 10.3. The minimum absolute atomic E-state index is 0.0398. The van der Waals surface area contributed by atoms with Gasteiger partial charge in [-0.05, 0) is 33.4 Å². The fraction of sp³-hybridized carbons (Fsp3) is 0.917. The Hall–Kier alpha value is -0.410. The predicted molar refractivity (Wildman–Crippen MR) is 66.7 cm³/mol. The summed E-state index contributed by atoms with van der Waals surface area (Å²) < 4.78 is 10.8. The molecule has 0 aromatic rings. The lowest BCUT2D eigenvalue weighted by molar-refractivity contribution is -0.139. The van der Waals surface area contributed by atoms with E-state index in [2.05, 4.69) is 4.99 Å². The van der Waals surface area contributed by atoms with Crippen LogP contribution in [0.2, 0.25) is 0 Å². The summed E-state index contributed by atoms with van der Waals surface area (Å²) in [6.45, 7) is 12.2. The van der Waals surface area contributed by atoms with E-state index in [9.17, 15) is 0 Å². The summed E-state index contributed by atoms with van der Waals surface area (Å²) in [6.07, 6.45) is 3.74. The number of hydrogen-bond acceptors (Lipinski definition) is 3. The van der Waals surface area contributed by atoms with E-state index in [0.29, 0.717) is 13.2 Å². The van der Waals surface area contributed by atoms with Crippen molar-refractivity contribution in [1.82, 2.24) is 0 Å². The molecule has 15 heavy (non-hydrogen) atoms. The first-order valence-corrected chi connectivity index (χ1v) is 6.02. The van der Waals surface area contributed by atoms with Gasteiger partial charge in [-0.2, -0.15) is 0 Å². The van der Waals surface area contributed by atoms with Gasteiger partial charge in [-0.25, -0.2) is 0 Å². The maximum Gasteiger partial charge on any atom is 0.157 e. The van der Waals surface area contributed by atoms with E-state index in [4.69, 9.17) is 9.47 Å². The van der Waals surface area contributed by atoms with Crippen molar-refractivity contribution in [3.63, 3.8) is 0 Å². The van der Waals surface area contributed by atoms with Crippen molar-refractivity contribution in [2.24, 2.45) is 4.99 Å². The Morgan fingerprint density at radius 2 is 1.67 bits per heavy atom. The van der Waals surface area contributed by atoms with Crippen LogP contribution in [0.4, 0.5) is 0 Å². The van der Waals surface area contributed by atoms with Gasteiger partial charge in [0.2, 0.25) is 0 Å². The summed E-state index contributed by atoms with van der Waals surface area (Å²) in [5.74, 6) is 0. The van der Waals surface area contributed by atoms with Crippen LogP contribution in [-0.2, 0) is 9.47 Å². The van der Waals surface area contributed by atoms with Gasteiger partial charge in [0.25, 0.3) is 0 Å². The second kappa shape index (κ2) is 16.0. The Balaban J connectivity index is 0. The third-order valence-electron chi connectivity index (χ3n) is 1.61. The molecule has 0 aliphatic heterocycles. The van der Waals surface area contributed by atoms with Gasteiger partial charge in [0, 0.05) is 26.2 Å². The van der Waals surface area contributed by atoms with Crippen molar-refractivity contribution in [3.8, 4) is 0 Å². The van der Waals surface area contributed by atoms with Crippen molar-refractivity contribution >= 4 is 6.21 Å². The zero-order valence-electron chi connectivity index (χ0n) is 11.0. The van der Waals surface area contributed by atoms with Crippen LogP contribution in [0, 0.1) is 0 Å². The Bertz CT molecular complexity index is 121. The molecule has 0 unspecified atom stereocenters. The van der Waals surface area contributed by atoms with Crippen molar-refractivity contribution in [2.45, 2.75) is 53.8 Å². The summed E-state index contributed by atoms with van der Waals surface area (Å²) in [5, 5.41) is 0. The van der Waals surface area contributed by atoms with Crippen molar-refractivity contribution in [2.75, 3.05) is 19.8 Å². The van der Waals surface area contributed by atoms with Gasteiger partial charge in [-0.3, -0.25) is 4.99 Å². The molecule has 0 atom stereocenters. The maximum absolute atomic E-state index is 5.39. The number of aliphatic imine (C=N–C) groups is 1. The molecule has 0 aromatic heterocycles. The van der Waals surface area contributed by atoms with Crippen LogP contribution in [0.1, 0.15) is 47.5 Å². The molecule has 0 heterocycles. The maximum atomic E-state index is 5.39. The smallest absolute Gasteiger partial charge is 0.157 e. The molecule has 0 aromatic carbocycles. The highest BCUT2D eigenvalue weighted by molar-refractivity contribution is 5.53. The average molecular weight is 217 g/mol. The Labute approximate surface area is 94.9 Å². The summed E-state index contributed by atoms with van der Waals surface area (Å²) >= 11 is 0. The van der Waals surface area contributed by atoms with Crippen LogP contribution < -0.4 is 0 Å². The number of nitrogens with zero attached hydrogens (tertiary/aromatic N) is 1. The normalized spacial score (nSPS) is 10.5. The van der Waals surface area contributed by atoms with E-state index in [1.807, 2.05) is 40.8 Å². The van der Waals surface area contributed by atoms with Gasteiger partial charge < -0.3 is 9.47 Å². The number of hydrogen-bond donors (Lipinski definition) is 0. The molecular weight excluding hydrogens is 190 g/mol. The molecular formula is C12H27NO2. The molecule has 92 valence electrons. The molecule has 0 aliphatic carbocycles. The zero-order chi connectivity index (χ0) is 11.9. The first-order valence-electron chi connectivity index (χ1n) is 6.02. The third-order valence-corrected chi connectivity index (χ3v) is 1.61. The van der Waals surface area contributed by atoms with E-state index >= 15 is 0 Å². The zero-order valence-corrected chi connectivity index (χ0v) is 11.0. The Kier molecular flexibility index (Phi) is 18.2. The monoisotopic (exact) mass is 217 g/mol. The average Bonchev–Trinajstić information content (AvgIpc) is 2.28. The number of rotatable bonds is 8. The number of ether oxygens (including phenoxy) is 2. The second-order valence-corrected chi connectivity index (χ2v) is 2.65. The van der Waals surface area contributed by atoms with Gasteiger partial charge in [0.15, 0.2) is 6.29 Å². The molecule has 3 heteroatoms. The highest BCUT2D eigenvalue weighted by Crippen LogP contribution is 2.04. The molecule has 0 aliphatic rings. The van der Waals surface area contributed by atoms with Crippen LogP contribution in [0.5, 0.6) is 0 Å². The Morgan fingerprint density at radius 3 is 2.07 bits per heavy atom. The summed E-state index contributed by atoms with van der Waals surface area (Å²) in [7, 11) is 0. The van der Waals surface area contributed by atoms with E-state index in [1.165, 1.54) is 0 Å². The van der Waals surface area contributed by atoms with Gasteiger partial charge >= 0.3 is 0 Å². The Morgan fingerprint density at radius 1 is 1.13 bits per heavy atom.